The molecule has 17 heavy (non-hydrogen) atoms. The van der Waals surface area contributed by atoms with Gasteiger partial charge in [-0.15, -0.1) is 0 Å². The lowest BCUT2D eigenvalue weighted by atomic mass is 10.1. The standard InChI is InChI=1S/C16H18N/c1-17(13-14-7-3-2-4-8-14)12-11-15-9-5-6-10-16(15)17/h2-10H,11-13H2,1H3/q+1/t17-/m1/s1. The summed E-state index contributed by atoms with van der Waals surface area (Å²) >= 11 is 0. The zero-order chi connectivity index (χ0) is 11.7. The van der Waals surface area contributed by atoms with Crippen LogP contribution in [0, 0.1) is 0 Å². The third-order valence-electron chi connectivity index (χ3n) is 3.82. The van der Waals surface area contributed by atoms with Gasteiger partial charge in [-0.05, 0) is 6.07 Å². The minimum Gasteiger partial charge on any atom is -0.289 e. The van der Waals surface area contributed by atoms with E-state index in [0.29, 0.717) is 0 Å². The van der Waals surface area contributed by atoms with Gasteiger partial charge in [0.2, 0.25) is 0 Å². The Hall–Kier alpha value is -1.60. The largest absolute Gasteiger partial charge is 0.289 e. The number of nitrogens with zero attached hydrogens (tertiary/aromatic N) is 1. The molecular formula is C16H18N+. The molecule has 1 aliphatic heterocycles. The normalized spacial score (nSPS) is 22.4. The van der Waals surface area contributed by atoms with Crippen LogP contribution >= 0.6 is 0 Å². The maximum absolute atomic E-state index is 2.35. The molecule has 0 radical (unpaired) electrons. The number of quaternary nitrogens is 1. The van der Waals surface area contributed by atoms with Gasteiger partial charge in [0.25, 0.3) is 0 Å². The average Bonchev–Trinajstić information content (AvgIpc) is 2.69. The van der Waals surface area contributed by atoms with E-state index in [-0.39, 0.29) is 0 Å². The van der Waals surface area contributed by atoms with Crippen LogP contribution in [0.25, 0.3) is 0 Å². The van der Waals surface area contributed by atoms with Crippen LogP contribution in [0.4, 0.5) is 5.69 Å². The van der Waals surface area contributed by atoms with Crippen LogP contribution in [-0.4, -0.2) is 13.6 Å². The Morgan fingerprint density at radius 1 is 0.941 bits per heavy atom. The van der Waals surface area contributed by atoms with Crippen molar-refractivity contribution in [1.29, 1.82) is 0 Å². The molecule has 0 N–H and O–H groups in total. The van der Waals surface area contributed by atoms with Crippen molar-refractivity contribution >= 4 is 5.69 Å². The summed E-state index contributed by atoms with van der Waals surface area (Å²) in [4.78, 5) is 0. The van der Waals surface area contributed by atoms with Gasteiger partial charge in [0.15, 0.2) is 0 Å². The van der Waals surface area contributed by atoms with E-state index in [2.05, 4.69) is 61.6 Å². The molecule has 0 aromatic heterocycles. The summed E-state index contributed by atoms with van der Waals surface area (Å²) in [5.41, 5.74) is 4.44. The van der Waals surface area contributed by atoms with E-state index in [4.69, 9.17) is 0 Å². The van der Waals surface area contributed by atoms with E-state index in [1.54, 1.807) is 0 Å². The second-order valence-corrected chi connectivity index (χ2v) is 5.14. The van der Waals surface area contributed by atoms with Crippen molar-refractivity contribution in [3.63, 3.8) is 0 Å². The van der Waals surface area contributed by atoms with Gasteiger partial charge in [0.05, 0.1) is 13.6 Å². The molecule has 0 spiro atoms. The number of benzene rings is 2. The zero-order valence-electron chi connectivity index (χ0n) is 10.3. The molecule has 0 amide bonds. The molecule has 0 fully saturated rings. The van der Waals surface area contributed by atoms with Crippen molar-refractivity contribution in [3.8, 4) is 0 Å². The topological polar surface area (TPSA) is 0 Å². The molecule has 0 aliphatic carbocycles. The van der Waals surface area contributed by atoms with Crippen LogP contribution in [0.3, 0.4) is 0 Å². The first-order valence-electron chi connectivity index (χ1n) is 6.25. The molecule has 3 rings (SSSR count). The predicted octanol–water partition coefficient (Wildman–Crippen LogP) is 3.38. The van der Waals surface area contributed by atoms with Crippen molar-refractivity contribution in [3.05, 3.63) is 65.7 Å². The molecule has 1 nitrogen and oxygen atoms in total. The van der Waals surface area contributed by atoms with E-state index in [1.165, 1.54) is 29.8 Å². The molecule has 1 aliphatic rings. The van der Waals surface area contributed by atoms with Gasteiger partial charge in [0, 0.05) is 17.5 Å². The van der Waals surface area contributed by atoms with Crippen molar-refractivity contribution in [2.45, 2.75) is 13.0 Å². The van der Waals surface area contributed by atoms with E-state index in [9.17, 15) is 0 Å². The van der Waals surface area contributed by atoms with E-state index >= 15 is 0 Å². The summed E-state index contributed by atoms with van der Waals surface area (Å²) in [6.07, 6.45) is 1.21. The Morgan fingerprint density at radius 3 is 2.47 bits per heavy atom. The van der Waals surface area contributed by atoms with Crippen molar-refractivity contribution in [2.24, 2.45) is 0 Å². The Labute approximate surface area is 103 Å². The van der Waals surface area contributed by atoms with Crippen LogP contribution in [-0.2, 0) is 13.0 Å². The minimum absolute atomic E-state index is 1.04. The summed E-state index contributed by atoms with van der Waals surface area (Å²) in [5, 5.41) is 0. The molecule has 1 atom stereocenters. The van der Waals surface area contributed by atoms with Crippen LogP contribution in [0.2, 0.25) is 0 Å². The Bertz CT molecular complexity index is 518. The lowest BCUT2D eigenvalue weighted by Crippen LogP contribution is -2.42. The molecule has 0 bridgehead atoms. The highest BCUT2D eigenvalue weighted by atomic mass is 15.3. The number of rotatable bonds is 2. The van der Waals surface area contributed by atoms with Gasteiger partial charge in [-0.2, -0.15) is 0 Å². The third kappa shape index (κ3) is 1.87. The molecule has 1 heterocycles. The van der Waals surface area contributed by atoms with Gasteiger partial charge >= 0.3 is 0 Å². The zero-order valence-corrected chi connectivity index (χ0v) is 10.3. The summed E-state index contributed by atoms with van der Waals surface area (Å²) in [5.74, 6) is 0. The fourth-order valence-corrected chi connectivity index (χ4v) is 2.89. The Kier molecular flexibility index (Phi) is 2.49. The van der Waals surface area contributed by atoms with Gasteiger partial charge in [-0.3, -0.25) is 4.48 Å². The quantitative estimate of drug-likeness (QED) is 0.686. The molecule has 0 saturated heterocycles. The average molecular weight is 224 g/mol. The highest BCUT2D eigenvalue weighted by Gasteiger charge is 2.33. The monoisotopic (exact) mass is 224 g/mol. The lowest BCUT2D eigenvalue weighted by Gasteiger charge is -2.29. The Balaban J connectivity index is 1.94. The molecule has 0 unspecified atom stereocenters. The first-order valence-corrected chi connectivity index (χ1v) is 6.25. The van der Waals surface area contributed by atoms with E-state index in [0.717, 1.165) is 11.0 Å². The highest BCUT2D eigenvalue weighted by molar-refractivity contribution is 5.54. The molecule has 86 valence electrons. The summed E-state index contributed by atoms with van der Waals surface area (Å²) in [6.45, 7) is 2.31. The fourth-order valence-electron chi connectivity index (χ4n) is 2.89. The highest BCUT2D eigenvalue weighted by Crippen LogP contribution is 2.34. The first-order chi connectivity index (χ1) is 8.28. The lowest BCUT2D eigenvalue weighted by molar-refractivity contribution is 0.349. The van der Waals surface area contributed by atoms with Gasteiger partial charge in [0.1, 0.15) is 12.2 Å². The molecule has 1 heteroatoms. The maximum atomic E-state index is 2.35. The van der Waals surface area contributed by atoms with Gasteiger partial charge in [-0.25, -0.2) is 0 Å². The maximum Gasteiger partial charge on any atom is 0.136 e. The number of hydrogen-bond acceptors (Lipinski definition) is 0. The molecular weight excluding hydrogens is 206 g/mol. The van der Waals surface area contributed by atoms with Crippen LogP contribution in [0.5, 0.6) is 0 Å². The second-order valence-electron chi connectivity index (χ2n) is 5.14. The molecule has 0 saturated carbocycles. The Morgan fingerprint density at radius 2 is 1.65 bits per heavy atom. The number of para-hydroxylation sites is 1. The smallest absolute Gasteiger partial charge is 0.136 e. The number of likely N-dealkylation sites (N-methyl/N-ethyl adjacent to an activating group) is 1. The van der Waals surface area contributed by atoms with Crippen LogP contribution in [0.1, 0.15) is 11.1 Å². The van der Waals surface area contributed by atoms with Crippen molar-refractivity contribution < 1.29 is 0 Å². The number of fused-ring (bicyclic) bond motifs is 1. The summed E-state index contributed by atoms with van der Waals surface area (Å²) < 4.78 is 1.04. The predicted molar refractivity (Wildman–Crippen MR) is 72.9 cm³/mol. The van der Waals surface area contributed by atoms with E-state index in [1.807, 2.05) is 0 Å². The van der Waals surface area contributed by atoms with Crippen molar-refractivity contribution in [1.82, 2.24) is 4.48 Å². The third-order valence-corrected chi connectivity index (χ3v) is 3.82. The minimum atomic E-state index is 1.04. The van der Waals surface area contributed by atoms with Crippen LogP contribution in [0.15, 0.2) is 54.6 Å². The summed E-state index contributed by atoms with van der Waals surface area (Å²) in [7, 11) is 2.35. The first kappa shape index (κ1) is 10.5. The van der Waals surface area contributed by atoms with Crippen molar-refractivity contribution in [2.75, 3.05) is 13.6 Å². The van der Waals surface area contributed by atoms with Gasteiger partial charge in [-0.1, -0.05) is 48.5 Å². The van der Waals surface area contributed by atoms with Gasteiger partial charge < -0.3 is 0 Å². The second kappa shape index (κ2) is 4.01. The molecule has 2 aromatic carbocycles. The summed E-state index contributed by atoms with van der Waals surface area (Å²) in [6, 6.07) is 19.7. The fraction of sp³-hybridized carbons (Fsp3) is 0.250. The molecule has 2 aromatic rings. The van der Waals surface area contributed by atoms with E-state index < -0.39 is 0 Å². The number of hydrogen-bond donors (Lipinski definition) is 0. The van der Waals surface area contributed by atoms with Crippen LogP contribution < -0.4 is 4.48 Å². The SMILES string of the molecule is C[N@+]1(Cc2ccccc2)CCc2ccccc21.